The fourth-order valence-corrected chi connectivity index (χ4v) is 4.09. The lowest BCUT2D eigenvalue weighted by atomic mass is 10.0. The van der Waals surface area contributed by atoms with E-state index in [2.05, 4.69) is 20.4 Å². The average Bonchev–Trinajstić information content (AvgIpc) is 3.41. The zero-order chi connectivity index (χ0) is 25.5. The number of imidazole rings is 1. The summed E-state index contributed by atoms with van der Waals surface area (Å²) in [4.78, 5) is 35.1. The molecule has 1 aromatic carbocycles. The third-order valence-corrected chi connectivity index (χ3v) is 6.40. The van der Waals surface area contributed by atoms with E-state index in [1.807, 2.05) is 19.1 Å². The normalized spacial score (nSPS) is 16.9. The summed E-state index contributed by atoms with van der Waals surface area (Å²) < 4.78 is 22.7. The zero-order valence-electron chi connectivity index (χ0n) is 20.2. The number of carbonyl (C=O) groups excluding carboxylic acids is 2. The Balaban J connectivity index is 1.16. The van der Waals surface area contributed by atoms with Crippen molar-refractivity contribution in [3.05, 3.63) is 59.9 Å². The second kappa shape index (κ2) is 9.21. The van der Waals surface area contributed by atoms with Crippen molar-refractivity contribution in [1.82, 2.24) is 24.4 Å². The summed E-state index contributed by atoms with van der Waals surface area (Å²) in [6.45, 7) is 4.05. The van der Waals surface area contributed by atoms with Gasteiger partial charge in [0.15, 0.2) is 0 Å². The molecule has 2 aliphatic heterocycles. The van der Waals surface area contributed by atoms with Gasteiger partial charge < -0.3 is 29.0 Å². The fourth-order valence-electron chi connectivity index (χ4n) is 4.09. The molecule has 3 aromatic heterocycles. The smallest absolute Gasteiger partial charge is 0.409 e. The van der Waals surface area contributed by atoms with Crippen molar-refractivity contribution in [1.29, 1.82) is 0 Å². The number of pyridine rings is 1. The molecule has 190 valence electrons. The molecule has 2 amide bonds. The van der Waals surface area contributed by atoms with Gasteiger partial charge in [0.1, 0.15) is 29.8 Å². The number of aromatic nitrogens is 4. The number of hydrogen-bond donors (Lipinski definition) is 1. The maximum Gasteiger partial charge on any atom is 0.409 e. The highest BCUT2D eigenvalue weighted by atomic mass is 16.6. The van der Waals surface area contributed by atoms with Gasteiger partial charge in [-0.15, -0.1) is 0 Å². The van der Waals surface area contributed by atoms with Gasteiger partial charge in [0, 0.05) is 36.6 Å². The first-order chi connectivity index (χ1) is 18.0. The Morgan fingerprint density at radius 3 is 2.84 bits per heavy atom. The van der Waals surface area contributed by atoms with Crippen LogP contribution in [-0.2, 0) is 9.47 Å². The van der Waals surface area contributed by atoms with Crippen LogP contribution in [0.4, 0.5) is 10.5 Å². The van der Waals surface area contributed by atoms with Crippen LogP contribution in [0.1, 0.15) is 27.9 Å². The van der Waals surface area contributed by atoms with Gasteiger partial charge in [0.2, 0.25) is 11.7 Å². The summed E-state index contributed by atoms with van der Waals surface area (Å²) >= 11 is 0. The molecular weight excluding hydrogens is 480 g/mol. The molecule has 6 rings (SSSR count). The van der Waals surface area contributed by atoms with Crippen molar-refractivity contribution in [2.75, 3.05) is 38.7 Å². The minimum atomic E-state index is -0.377. The standard InChI is InChI=1S/C25H24N6O6/c1-14-3-4-15(22-28-24(37-29-22)16-10-30(11-16)25(33)34-2)7-19(14)27-23(32)20-9-26-21-8-17(5-6-31(20)21)35-12-18-13-36-18/h3-9,16,18H,10-13H2,1-2H3,(H,27,32)/t18-/m0/s1. The van der Waals surface area contributed by atoms with E-state index in [-0.39, 0.29) is 24.0 Å². The van der Waals surface area contributed by atoms with Gasteiger partial charge in [0.05, 0.1) is 25.8 Å². The third kappa shape index (κ3) is 4.58. The number of carbonyl (C=O) groups is 2. The van der Waals surface area contributed by atoms with Crippen molar-refractivity contribution in [3.63, 3.8) is 0 Å². The van der Waals surface area contributed by atoms with Crippen molar-refractivity contribution in [2.24, 2.45) is 0 Å². The topological polar surface area (TPSA) is 137 Å². The molecular formula is C25H24N6O6. The lowest BCUT2D eigenvalue weighted by molar-refractivity contribution is 0.0804. The van der Waals surface area contributed by atoms with Crippen LogP contribution < -0.4 is 10.1 Å². The average molecular weight is 505 g/mol. The molecule has 0 bridgehead atoms. The highest BCUT2D eigenvalue weighted by molar-refractivity contribution is 6.04. The number of amides is 2. The minimum Gasteiger partial charge on any atom is -0.491 e. The number of benzene rings is 1. The SMILES string of the molecule is COC(=O)N1CC(c2nc(-c3ccc(C)c(NC(=O)c4cnc5cc(OC[C@H]6CO6)ccn45)c3)no2)C1. The summed E-state index contributed by atoms with van der Waals surface area (Å²) in [6, 6.07) is 9.12. The molecule has 5 heterocycles. The number of rotatable bonds is 7. The Morgan fingerprint density at radius 2 is 2.05 bits per heavy atom. The van der Waals surface area contributed by atoms with Crippen LogP contribution in [-0.4, -0.2) is 75.9 Å². The molecule has 0 aliphatic carbocycles. The predicted octanol–water partition coefficient (Wildman–Crippen LogP) is 2.89. The molecule has 1 atom stereocenters. The highest BCUT2D eigenvalue weighted by Gasteiger charge is 2.36. The molecule has 1 N–H and O–H groups in total. The first-order valence-corrected chi connectivity index (χ1v) is 11.8. The van der Waals surface area contributed by atoms with E-state index in [0.29, 0.717) is 59.8 Å². The Morgan fingerprint density at radius 1 is 1.22 bits per heavy atom. The molecule has 37 heavy (non-hydrogen) atoms. The quantitative estimate of drug-likeness (QED) is 0.377. The van der Waals surface area contributed by atoms with Gasteiger partial charge in [-0.1, -0.05) is 17.3 Å². The minimum absolute atomic E-state index is 0.0342. The molecule has 2 aliphatic rings. The van der Waals surface area contributed by atoms with E-state index in [0.717, 1.165) is 12.2 Å². The van der Waals surface area contributed by atoms with Crippen molar-refractivity contribution >= 4 is 23.3 Å². The van der Waals surface area contributed by atoms with Crippen molar-refractivity contribution in [2.45, 2.75) is 18.9 Å². The maximum atomic E-state index is 13.1. The molecule has 12 nitrogen and oxygen atoms in total. The Labute approximate surface area is 211 Å². The van der Waals surface area contributed by atoms with Crippen LogP contribution in [0.5, 0.6) is 5.75 Å². The Bertz CT molecular complexity index is 1490. The van der Waals surface area contributed by atoms with Gasteiger partial charge in [-0.3, -0.25) is 9.20 Å². The number of methoxy groups -OCH3 is 1. The number of epoxide rings is 1. The molecule has 12 heteroatoms. The molecule has 2 saturated heterocycles. The molecule has 0 saturated carbocycles. The largest absolute Gasteiger partial charge is 0.491 e. The Kier molecular flexibility index (Phi) is 5.72. The maximum absolute atomic E-state index is 13.1. The molecule has 0 spiro atoms. The van der Waals surface area contributed by atoms with Gasteiger partial charge in [-0.25, -0.2) is 9.78 Å². The first kappa shape index (κ1) is 23.0. The lowest BCUT2D eigenvalue weighted by Crippen LogP contribution is -2.48. The van der Waals surface area contributed by atoms with Crippen LogP contribution in [0.2, 0.25) is 0 Å². The van der Waals surface area contributed by atoms with Crippen LogP contribution in [0, 0.1) is 6.92 Å². The molecule has 2 fully saturated rings. The number of hydrogen-bond acceptors (Lipinski definition) is 9. The number of anilines is 1. The number of aryl methyl sites for hydroxylation is 1. The first-order valence-electron chi connectivity index (χ1n) is 11.8. The van der Waals surface area contributed by atoms with Crippen LogP contribution >= 0.6 is 0 Å². The van der Waals surface area contributed by atoms with Crippen LogP contribution in [0.25, 0.3) is 17.0 Å². The number of fused-ring (bicyclic) bond motifs is 1. The molecule has 4 aromatic rings. The van der Waals surface area contributed by atoms with E-state index in [4.69, 9.17) is 18.7 Å². The van der Waals surface area contributed by atoms with Crippen molar-refractivity contribution in [3.8, 4) is 17.1 Å². The Hall–Kier alpha value is -4.45. The number of nitrogens with one attached hydrogen (secondary N) is 1. The lowest BCUT2D eigenvalue weighted by Gasteiger charge is -2.35. The number of nitrogens with zero attached hydrogens (tertiary/aromatic N) is 5. The number of likely N-dealkylation sites (tertiary alicyclic amines) is 1. The van der Waals surface area contributed by atoms with E-state index in [1.165, 1.54) is 13.3 Å². The third-order valence-electron chi connectivity index (χ3n) is 6.40. The summed E-state index contributed by atoms with van der Waals surface area (Å²) in [5.74, 6) is 1.19. The monoisotopic (exact) mass is 504 g/mol. The molecule has 0 unspecified atom stereocenters. The predicted molar refractivity (Wildman–Crippen MR) is 130 cm³/mol. The van der Waals surface area contributed by atoms with E-state index >= 15 is 0 Å². The van der Waals surface area contributed by atoms with E-state index < -0.39 is 0 Å². The summed E-state index contributed by atoms with van der Waals surface area (Å²) in [7, 11) is 1.35. The summed E-state index contributed by atoms with van der Waals surface area (Å²) in [5.41, 5.74) is 3.18. The van der Waals surface area contributed by atoms with Gasteiger partial charge in [0.25, 0.3) is 5.91 Å². The van der Waals surface area contributed by atoms with Gasteiger partial charge >= 0.3 is 6.09 Å². The van der Waals surface area contributed by atoms with Gasteiger partial charge in [-0.2, -0.15) is 4.98 Å². The molecule has 0 radical (unpaired) electrons. The number of ether oxygens (including phenoxy) is 3. The van der Waals surface area contributed by atoms with Crippen LogP contribution in [0.3, 0.4) is 0 Å². The van der Waals surface area contributed by atoms with E-state index in [9.17, 15) is 9.59 Å². The zero-order valence-corrected chi connectivity index (χ0v) is 20.2. The highest BCUT2D eigenvalue weighted by Crippen LogP contribution is 2.29. The van der Waals surface area contributed by atoms with Crippen LogP contribution in [0.15, 0.2) is 47.2 Å². The summed E-state index contributed by atoms with van der Waals surface area (Å²) in [5, 5.41) is 7.05. The van der Waals surface area contributed by atoms with Gasteiger partial charge in [-0.05, 0) is 24.6 Å². The second-order valence-corrected chi connectivity index (χ2v) is 9.01. The summed E-state index contributed by atoms with van der Waals surface area (Å²) in [6.07, 6.45) is 3.06. The second-order valence-electron chi connectivity index (χ2n) is 9.01. The van der Waals surface area contributed by atoms with E-state index in [1.54, 1.807) is 33.7 Å². The van der Waals surface area contributed by atoms with Crippen molar-refractivity contribution < 1.29 is 28.3 Å². The fraction of sp³-hybridized carbons (Fsp3) is 0.320.